The summed E-state index contributed by atoms with van der Waals surface area (Å²) < 4.78 is 5.19. The van der Waals surface area contributed by atoms with Gasteiger partial charge in [-0.3, -0.25) is 19.4 Å². The van der Waals surface area contributed by atoms with E-state index in [2.05, 4.69) is 15.5 Å². The SMILES string of the molecule is Cc1noc(C(=O)NC(Cc2ccccc2)C(=O)C(N)=O)c1-c1cccnc1. The molecule has 2 aromatic heterocycles. The molecule has 0 aliphatic carbocycles. The van der Waals surface area contributed by atoms with Crippen molar-refractivity contribution in [2.75, 3.05) is 0 Å². The third-order valence-corrected chi connectivity index (χ3v) is 4.17. The third kappa shape index (κ3) is 4.12. The van der Waals surface area contributed by atoms with Crippen LogP contribution in [-0.2, 0) is 16.0 Å². The highest BCUT2D eigenvalue weighted by Gasteiger charge is 2.29. The van der Waals surface area contributed by atoms with Crippen LogP contribution in [0.2, 0.25) is 0 Å². The minimum Gasteiger partial charge on any atom is -0.363 e. The molecule has 0 radical (unpaired) electrons. The summed E-state index contributed by atoms with van der Waals surface area (Å²) in [5.41, 5.74) is 7.53. The standard InChI is InChI=1S/C20H18N4O4/c1-12-16(14-8-5-9-22-11-14)18(28-24-12)20(27)23-15(17(25)19(21)26)10-13-6-3-2-4-7-13/h2-9,11,15H,10H2,1H3,(H2,21,26)(H,23,27). The summed E-state index contributed by atoms with van der Waals surface area (Å²) in [4.78, 5) is 40.5. The number of carbonyl (C=O) groups excluding carboxylic acids is 3. The van der Waals surface area contributed by atoms with Crippen LogP contribution < -0.4 is 11.1 Å². The van der Waals surface area contributed by atoms with Crippen molar-refractivity contribution in [3.05, 3.63) is 71.9 Å². The lowest BCUT2D eigenvalue weighted by Gasteiger charge is -2.16. The molecular formula is C20H18N4O4. The van der Waals surface area contributed by atoms with Crippen molar-refractivity contribution < 1.29 is 18.9 Å². The topological polar surface area (TPSA) is 128 Å². The van der Waals surface area contributed by atoms with E-state index < -0.39 is 23.6 Å². The van der Waals surface area contributed by atoms with Crippen LogP contribution in [-0.4, -0.2) is 33.8 Å². The molecule has 3 aromatic rings. The second kappa shape index (κ2) is 8.26. The molecule has 8 nitrogen and oxygen atoms in total. The molecule has 2 heterocycles. The molecule has 0 aliphatic rings. The van der Waals surface area contributed by atoms with Crippen molar-refractivity contribution in [1.29, 1.82) is 0 Å². The van der Waals surface area contributed by atoms with Crippen molar-refractivity contribution in [3.8, 4) is 11.1 Å². The van der Waals surface area contributed by atoms with Gasteiger partial charge >= 0.3 is 0 Å². The molecule has 28 heavy (non-hydrogen) atoms. The Bertz CT molecular complexity index is 1000. The maximum atomic E-state index is 12.8. The van der Waals surface area contributed by atoms with Crippen LogP contribution >= 0.6 is 0 Å². The molecule has 0 spiro atoms. The molecule has 142 valence electrons. The molecule has 0 aliphatic heterocycles. The molecule has 2 amide bonds. The number of ketones is 1. The van der Waals surface area contributed by atoms with E-state index in [1.165, 1.54) is 0 Å². The largest absolute Gasteiger partial charge is 0.363 e. The number of primary amides is 1. The number of amides is 2. The van der Waals surface area contributed by atoms with Gasteiger partial charge in [0.2, 0.25) is 11.5 Å². The second-order valence-corrected chi connectivity index (χ2v) is 6.16. The Morgan fingerprint density at radius 1 is 1.14 bits per heavy atom. The van der Waals surface area contributed by atoms with E-state index in [9.17, 15) is 14.4 Å². The number of pyridine rings is 1. The maximum Gasteiger partial charge on any atom is 0.291 e. The smallest absolute Gasteiger partial charge is 0.291 e. The van der Waals surface area contributed by atoms with Gasteiger partial charge in [0.05, 0.1) is 11.3 Å². The molecule has 0 bridgehead atoms. The Labute approximate surface area is 160 Å². The summed E-state index contributed by atoms with van der Waals surface area (Å²) in [6.45, 7) is 1.69. The van der Waals surface area contributed by atoms with Gasteiger partial charge < -0.3 is 15.6 Å². The molecule has 3 rings (SSSR count). The van der Waals surface area contributed by atoms with Crippen molar-refractivity contribution in [2.45, 2.75) is 19.4 Å². The summed E-state index contributed by atoms with van der Waals surface area (Å²) in [5.74, 6) is -2.75. The van der Waals surface area contributed by atoms with Crippen LogP contribution in [0.25, 0.3) is 11.1 Å². The van der Waals surface area contributed by atoms with E-state index >= 15 is 0 Å². The van der Waals surface area contributed by atoms with E-state index in [1.54, 1.807) is 55.7 Å². The number of nitrogens with two attached hydrogens (primary N) is 1. The number of aryl methyl sites for hydroxylation is 1. The zero-order valence-electron chi connectivity index (χ0n) is 15.1. The van der Waals surface area contributed by atoms with Crippen molar-refractivity contribution in [1.82, 2.24) is 15.5 Å². The summed E-state index contributed by atoms with van der Waals surface area (Å²) in [6, 6.07) is 11.3. The first-order valence-corrected chi connectivity index (χ1v) is 8.52. The molecule has 1 atom stereocenters. The Hall–Kier alpha value is -3.81. The Morgan fingerprint density at radius 2 is 1.89 bits per heavy atom. The first kappa shape index (κ1) is 19.0. The van der Waals surface area contributed by atoms with Gasteiger partial charge in [0.15, 0.2) is 0 Å². The van der Waals surface area contributed by atoms with Gasteiger partial charge in [-0.1, -0.05) is 41.6 Å². The molecule has 0 fully saturated rings. The Morgan fingerprint density at radius 3 is 2.54 bits per heavy atom. The van der Waals surface area contributed by atoms with Crippen LogP contribution in [0.1, 0.15) is 21.8 Å². The van der Waals surface area contributed by atoms with Crippen LogP contribution in [0.15, 0.2) is 59.4 Å². The predicted octanol–water partition coefficient (Wildman–Crippen LogP) is 1.44. The number of benzene rings is 1. The zero-order valence-corrected chi connectivity index (χ0v) is 15.1. The van der Waals surface area contributed by atoms with Gasteiger partial charge in [-0.15, -0.1) is 0 Å². The minimum absolute atomic E-state index is 0.0687. The second-order valence-electron chi connectivity index (χ2n) is 6.16. The van der Waals surface area contributed by atoms with Crippen molar-refractivity contribution in [2.24, 2.45) is 5.73 Å². The number of hydrogen-bond donors (Lipinski definition) is 2. The van der Waals surface area contributed by atoms with E-state index in [-0.39, 0.29) is 12.2 Å². The fraction of sp³-hybridized carbons (Fsp3) is 0.150. The van der Waals surface area contributed by atoms with E-state index in [0.717, 1.165) is 5.56 Å². The first-order chi connectivity index (χ1) is 13.5. The number of rotatable bonds is 7. The van der Waals surface area contributed by atoms with Gasteiger partial charge in [-0.05, 0) is 18.6 Å². The molecular weight excluding hydrogens is 360 g/mol. The van der Waals surface area contributed by atoms with Crippen molar-refractivity contribution >= 4 is 17.6 Å². The predicted molar refractivity (Wildman–Crippen MR) is 100 cm³/mol. The van der Waals surface area contributed by atoms with Crippen LogP contribution in [0, 0.1) is 6.92 Å². The van der Waals surface area contributed by atoms with Gasteiger partial charge in [-0.25, -0.2) is 0 Å². The number of carbonyl (C=O) groups is 3. The fourth-order valence-electron chi connectivity index (χ4n) is 2.83. The van der Waals surface area contributed by atoms with Gasteiger partial charge in [0.1, 0.15) is 6.04 Å². The lowest BCUT2D eigenvalue weighted by atomic mass is 10.0. The van der Waals surface area contributed by atoms with Gasteiger partial charge in [-0.2, -0.15) is 0 Å². The number of aromatic nitrogens is 2. The summed E-state index contributed by atoms with van der Waals surface area (Å²) >= 11 is 0. The quantitative estimate of drug-likeness (QED) is 0.599. The summed E-state index contributed by atoms with van der Waals surface area (Å²) in [7, 11) is 0. The number of nitrogens with one attached hydrogen (secondary N) is 1. The minimum atomic E-state index is -1.13. The van der Waals surface area contributed by atoms with E-state index in [4.69, 9.17) is 10.3 Å². The van der Waals surface area contributed by atoms with Crippen LogP contribution in [0.3, 0.4) is 0 Å². The average Bonchev–Trinajstić information content (AvgIpc) is 3.09. The lowest BCUT2D eigenvalue weighted by Crippen LogP contribution is -2.47. The number of Topliss-reactive ketones (excluding diaryl/α,β-unsaturated/α-hetero) is 1. The summed E-state index contributed by atoms with van der Waals surface area (Å²) in [5, 5.41) is 6.39. The van der Waals surface area contributed by atoms with Crippen LogP contribution in [0.5, 0.6) is 0 Å². The first-order valence-electron chi connectivity index (χ1n) is 8.52. The highest BCUT2D eigenvalue weighted by atomic mass is 16.5. The summed E-state index contributed by atoms with van der Waals surface area (Å²) in [6.07, 6.45) is 3.30. The van der Waals surface area contributed by atoms with Crippen molar-refractivity contribution in [3.63, 3.8) is 0 Å². The maximum absolute atomic E-state index is 12.8. The highest BCUT2D eigenvalue weighted by Crippen LogP contribution is 2.26. The van der Waals surface area contributed by atoms with Gasteiger partial charge in [0.25, 0.3) is 11.8 Å². The normalized spacial score (nSPS) is 11.6. The molecule has 8 heteroatoms. The van der Waals surface area contributed by atoms with E-state index in [1.807, 2.05) is 6.07 Å². The monoisotopic (exact) mass is 378 g/mol. The molecule has 0 saturated carbocycles. The lowest BCUT2D eigenvalue weighted by molar-refractivity contribution is -0.137. The average molecular weight is 378 g/mol. The van der Waals surface area contributed by atoms with Crippen LogP contribution in [0.4, 0.5) is 0 Å². The number of hydrogen-bond acceptors (Lipinski definition) is 6. The number of nitrogens with zero attached hydrogens (tertiary/aromatic N) is 2. The highest BCUT2D eigenvalue weighted by molar-refractivity contribution is 6.38. The fourth-order valence-corrected chi connectivity index (χ4v) is 2.83. The molecule has 3 N–H and O–H groups in total. The van der Waals surface area contributed by atoms with Gasteiger partial charge in [0, 0.05) is 24.4 Å². The zero-order chi connectivity index (χ0) is 20.1. The Balaban J connectivity index is 1.89. The van der Waals surface area contributed by atoms with E-state index in [0.29, 0.717) is 16.8 Å². The molecule has 0 saturated heterocycles. The molecule has 1 aromatic carbocycles. The third-order valence-electron chi connectivity index (χ3n) is 4.17. The molecule has 1 unspecified atom stereocenters. The Kier molecular flexibility index (Phi) is 5.59.